The molecular weight excluding hydrogens is 369 g/mol. The molecule has 0 radical (unpaired) electrons. The van der Waals surface area contributed by atoms with Crippen molar-refractivity contribution in [2.24, 2.45) is 0 Å². The number of methoxy groups -OCH3 is 2. The van der Waals surface area contributed by atoms with E-state index in [4.69, 9.17) is 14.2 Å². The van der Waals surface area contributed by atoms with Crippen molar-refractivity contribution >= 4 is 11.9 Å². The Bertz CT molecular complexity index is 900. The van der Waals surface area contributed by atoms with E-state index in [1.165, 1.54) is 20.3 Å². The molecule has 0 aromatic heterocycles. The molecule has 148 valence electrons. The summed E-state index contributed by atoms with van der Waals surface area (Å²) in [5, 5.41) is 11.9. The van der Waals surface area contributed by atoms with Gasteiger partial charge in [-0.05, 0) is 23.8 Å². The number of benzene rings is 2. The SMILES string of the molecule is COc1ccc(C(CC(=O)O)NC(=O)C2Cc3cccc(F)c3O2)cc1OC. The van der Waals surface area contributed by atoms with Crippen molar-refractivity contribution in [3.63, 3.8) is 0 Å². The molecule has 2 atom stereocenters. The monoisotopic (exact) mass is 389 g/mol. The van der Waals surface area contributed by atoms with Crippen molar-refractivity contribution < 1.29 is 33.3 Å². The van der Waals surface area contributed by atoms with E-state index in [9.17, 15) is 19.1 Å². The van der Waals surface area contributed by atoms with E-state index in [1.54, 1.807) is 30.3 Å². The first kappa shape index (κ1) is 19.5. The van der Waals surface area contributed by atoms with Crippen LogP contribution in [0.2, 0.25) is 0 Å². The molecule has 0 spiro atoms. The molecule has 2 aromatic rings. The first-order valence-electron chi connectivity index (χ1n) is 8.61. The van der Waals surface area contributed by atoms with Crippen LogP contribution in [0.1, 0.15) is 23.6 Å². The quantitative estimate of drug-likeness (QED) is 0.756. The summed E-state index contributed by atoms with van der Waals surface area (Å²) in [5.41, 5.74) is 1.14. The Hall–Kier alpha value is -3.29. The van der Waals surface area contributed by atoms with E-state index in [0.717, 1.165) is 0 Å². The van der Waals surface area contributed by atoms with Gasteiger partial charge in [0.25, 0.3) is 5.91 Å². The first-order chi connectivity index (χ1) is 13.4. The number of nitrogens with one attached hydrogen (secondary N) is 1. The molecule has 8 heteroatoms. The number of carbonyl (C=O) groups is 2. The molecule has 28 heavy (non-hydrogen) atoms. The van der Waals surface area contributed by atoms with E-state index in [1.807, 2.05) is 0 Å². The number of hydrogen-bond donors (Lipinski definition) is 2. The van der Waals surface area contributed by atoms with Crippen molar-refractivity contribution in [1.82, 2.24) is 5.32 Å². The number of hydrogen-bond acceptors (Lipinski definition) is 5. The number of aliphatic carboxylic acids is 1. The molecule has 2 aromatic carbocycles. The highest BCUT2D eigenvalue weighted by molar-refractivity contribution is 5.83. The maximum absolute atomic E-state index is 13.8. The smallest absolute Gasteiger partial charge is 0.305 e. The van der Waals surface area contributed by atoms with Crippen molar-refractivity contribution in [2.75, 3.05) is 14.2 Å². The highest BCUT2D eigenvalue weighted by Crippen LogP contribution is 2.33. The fourth-order valence-corrected chi connectivity index (χ4v) is 3.14. The number of para-hydroxylation sites is 1. The summed E-state index contributed by atoms with van der Waals surface area (Å²) in [6.07, 6.45) is -1.05. The van der Waals surface area contributed by atoms with E-state index >= 15 is 0 Å². The lowest BCUT2D eigenvalue weighted by Gasteiger charge is -2.21. The van der Waals surface area contributed by atoms with Crippen LogP contribution in [0.3, 0.4) is 0 Å². The van der Waals surface area contributed by atoms with Crippen LogP contribution in [0, 0.1) is 5.82 Å². The molecule has 0 saturated heterocycles. The van der Waals surface area contributed by atoms with E-state index in [-0.39, 0.29) is 18.6 Å². The molecule has 3 rings (SSSR count). The first-order valence-corrected chi connectivity index (χ1v) is 8.61. The van der Waals surface area contributed by atoms with Crippen LogP contribution in [-0.2, 0) is 16.0 Å². The third kappa shape index (κ3) is 4.00. The minimum atomic E-state index is -1.08. The fraction of sp³-hybridized carbons (Fsp3) is 0.300. The minimum absolute atomic E-state index is 0.0588. The van der Waals surface area contributed by atoms with Gasteiger partial charge >= 0.3 is 5.97 Å². The van der Waals surface area contributed by atoms with Gasteiger partial charge in [0, 0.05) is 12.0 Å². The third-order valence-electron chi connectivity index (χ3n) is 4.51. The van der Waals surface area contributed by atoms with Crippen LogP contribution < -0.4 is 19.5 Å². The molecule has 1 aliphatic heterocycles. The van der Waals surface area contributed by atoms with Crippen LogP contribution >= 0.6 is 0 Å². The predicted octanol–water partition coefficient (Wildman–Crippen LogP) is 2.48. The lowest BCUT2D eigenvalue weighted by atomic mass is 10.0. The standard InChI is InChI=1S/C20H20FNO6/c1-26-15-7-6-11(8-16(15)27-2)14(10-18(23)24)22-20(25)17-9-12-4-3-5-13(21)19(12)28-17/h3-8,14,17H,9-10H2,1-2H3,(H,22,25)(H,23,24). The Morgan fingerprint density at radius 3 is 2.64 bits per heavy atom. The van der Waals surface area contributed by atoms with Gasteiger partial charge in [-0.2, -0.15) is 0 Å². The molecule has 0 fully saturated rings. The van der Waals surface area contributed by atoms with Crippen molar-refractivity contribution in [2.45, 2.75) is 25.0 Å². The number of carbonyl (C=O) groups excluding carboxylic acids is 1. The van der Waals surface area contributed by atoms with Gasteiger partial charge in [-0.1, -0.05) is 18.2 Å². The Labute approximate surface area is 161 Å². The van der Waals surface area contributed by atoms with Crippen LogP contribution in [0.25, 0.3) is 0 Å². The number of ether oxygens (including phenoxy) is 3. The van der Waals surface area contributed by atoms with Gasteiger partial charge in [-0.25, -0.2) is 4.39 Å². The fourth-order valence-electron chi connectivity index (χ4n) is 3.14. The van der Waals surface area contributed by atoms with E-state index in [0.29, 0.717) is 22.6 Å². The Balaban J connectivity index is 1.79. The Morgan fingerprint density at radius 2 is 2.00 bits per heavy atom. The molecule has 7 nitrogen and oxygen atoms in total. The van der Waals surface area contributed by atoms with E-state index < -0.39 is 29.8 Å². The predicted molar refractivity (Wildman–Crippen MR) is 97.2 cm³/mol. The second-order valence-electron chi connectivity index (χ2n) is 6.31. The molecule has 1 aliphatic rings. The summed E-state index contributed by atoms with van der Waals surface area (Å²) < 4.78 is 29.7. The van der Waals surface area contributed by atoms with Gasteiger partial charge in [-0.15, -0.1) is 0 Å². The van der Waals surface area contributed by atoms with Gasteiger partial charge in [0.2, 0.25) is 0 Å². The van der Waals surface area contributed by atoms with Crippen molar-refractivity contribution in [1.29, 1.82) is 0 Å². The molecule has 1 heterocycles. The highest BCUT2D eigenvalue weighted by Gasteiger charge is 2.33. The molecule has 2 N–H and O–H groups in total. The molecule has 2 unspecified atom stereocenters. The summed E-state index contributed by atoms with van der Waals surface area (Å²) in [4.78, 5) is 24.0. The van der Waals surface area contributed by atoms with Gasteiger partial charge in [0.15, 0.2) is 29.2 Å². The minimum Gasteiger partial charge on any atom is -0.493 e. The van der Waals surface area contributed by atoms with Crippen LogP contribution in [0.4, 0.5) is 4.39 Å². The number of carboxylic acids is 1. The average Bonchev–Trinajstić information content (AvgIpc) is 3.12. The molecule has 0 aliphatic carbocycles. The third-order valence-corrected chi connectivity index (χ3v) is 4.51. The van der Waals surface area contributed by atoms with Crippen LogP contribution in [0.5, 0.6) is 17.2 Å². The van der Waals surface area contributed by atoms with Gasteiger partial charge < -0.3 is 24.6 Å². The van der Waals surface area contributed by atoms with Gasteiger partial charge in [0.1, 0.15) is 0 Å². The summed E-state index contributed by atoms with van der Waals surface area (Å²) in [6.45, 7) is 0. The molecular formula is C20H20FNO6. The second kappa shape index (κ2) is 8.16. The zero-order valence-electron chi connectivity index (χ0n) is 15.4. The van der Waals surface area contributed by atoms with Crippen molar-refractivity contribution in [3.05, 3.63) is 53.3 Å². The van der Waals surface area contributed by atoms with E-state index in [2.05, 4.69) is 5.32 Å². The number of halogens is 1. The van der Waals surface area contributed by atoms with Gasteiger partial charge in [-0.3, -0.25) is 9.59 Å². The molecule has 0 bridgehead atoms. The molecule has 1 amide bonds. The second-order valence-corrected chi connectivity index (χ2v) is 6.31. The Kier molecular flexibility index (Phi) is 5.67. The average molecular weight is 389 g/mol. The van der Waals surface area contributed by atoms with Crippen molar-refractivity contribution in [3.8, 4) is 17.2 Å². The van der Waals surface area contributed by atoms with Crippen LogP contribution in [-0.4, -0.2) is 37.3 Å². The zero-order valence-corrected chi connectivity index (χ0v) is 15.4. The lowest BCUT2D eigenvalue weighted by Crippen LogP contribution is -2.40. The zero-order chi connectivity index (χ0) is 20.3. The summed E-state index contributed by atoms with van der Waals surface area (Å²) in [7, 11) is 2.95. The number of amides is 1. The maximum Gasteiger partial charge on any atom is 0.305 e. The number of carboxylic acid groups (broad SMARTS) is 1. The Morgan fingerprint density at radius 1 is 1.25 bits per heavy atom. The topological polar surface area (TPSA) is 94.1 Å². The number of fused-ring (bicyclic) bond motifs is 1. The molecule has 0 saturated carbocycles. The summed E-state index contributed by atoms with van der Waals surface area (Å²) in [6, 6.07) is 8.57. The maximum atomic E-state index is 13.8. The summed E-state index contributed by atoms with van der Waals surface area (Å²) >= 11 is 0. The van der Waals surface area contributed by atoms with Gasteiger partial charge in [0.05, 0.1) is 26.7 Å². The summed E-state index contributed by atoms with van der Waals surface area (Å²) in [5.74, 6) is -1.18. The van der Waals surface area contributed by atoms with Crippen LogP contribution in [0.15, 0.2) is 36.4 Å². The lowest BCUT2D eigenvalue weighted by molar-refractivity contribution is -0.138. The highest BCUT2D eigenvalue weighted by atomic mass is 19.1. The normalized spacial score (nSPS) is 15.9. The largest absolute Gasteiger partial charge is 0.493 e. The number of rotatable bonds is 7.